The fourth-order valence-electron chi connectivity index (χ4n) is 3.48. The van der Waals surface area contributed by atoms with Gasteiger partial charge < -0.3 is 10.1 Å². The second kappa shape index (κ2) is 8.10. The van der Waals surface area contributed by atoms with E-state index in [4.69, 9.17) is 4.74 Å². The van der Waals surface area contributed by atoms with Gasteiger partial charge in [0, 0.05) is 17.4 Å². The van der Waals surface area contributed by atoms with Gasteiger partial charge in [0.2, 0.25) is 0 Å². The van der Waals surface area contributed by atoms with Crippen LogP contribution in [0.15, 0.2) is 29.6 Å². The highest BCUT2D eigenvalue weighted by molar-refractivity contribution is 7.13. The molecule has 1 saturated carbocycles. The molecule has 1 aliphatic rings. The van der Waals surface area contributed by atoms with E-state index in [1.807, 2.05) is 37.4 Å². The lowest BCUT2D eigenvalue weighted by molar-refractivity contribution is 0.0880. The van der Waals surface area contributed by atoms with Gasteiger partial charge in [0.05, 0.1) is 10.6 Å². The summed E-state index contributed by atoms with van der Waals surface area (Å²) in [5, 5.41) is 12.2. The highest BCUT2D eigenvalue weighted by atomic mass is 32.1. The zero-order valence-electron chi connectivity index (χ0n) is 15.9. The number of hydrogen-bond acceptors (Lipinski definition) is 6. The maximum absolute atomic E-state index is 12.5. The van der Waals surface area contributed by atoms with Crippen molar-refractivity contribution < 1.29 is 9.53 Å². The molecular weight excluding hydrogens is 374 g/mol. The van der Waals surface area contributed by atoms with Crippen LogP contribution in [0.5, 0.6) is 6.01 Å². The first-order valence-corrected chi connectivity index (χ1v) is 10.3. The molecule has 28 heavy (non-hydrogen) atoms. The van der Waals surface area contributed by atoms with Crippen LogP contribution in [0.25, 0.3) is 10.6 Å². The molecule has 1 fully saturated rings. The van der Waals surface area contributed by atoms with E-state index in [-0.39, 0.29) is 18.1 Å². The van der Waals surface area contributed by atoms with Gasteiger partial charge in [-0.25, -0.2) is 9.97 Å². The largest absolute Gasteiger partial charge is 0.460 e. The molecule has 7 nitrogen and oxygen atoms in total. The van der Waals surface area contributed by atoms with Crippen LogP contribution < -0.4 is 10.1 Å². The van der Waals surface area contributed by atoms with Crippen molar-refractivity contribution in [2.24, 2.45) is 0 Å². The molecule has 4 rings (SSSR count). The first kappa shape index (κ1) is 18.6. The van der Waals surface area contributed by atoms with Gasteiger partial charge in [-0.1, -0.05) is 6.07 Å². The number of aromatic nitrogens is 4. The zero-order valence-corrected chi connectivity index (χ0v) is 16.8. The maximum Gasteiger partial charge on any atom is 0.317 e. The summed E-state index contributed by atoms with van der Waals surface area (Å²) in [6.07, 6.45) is 3.54. The molecular formula is C20H23N5O2S. The maximum atomic E-state index is 12.5. The Morgan fingerprint density at radius 1 is 1.18 bits per heavy atom. The lowest BCUT2D eigenvalue weighted by Crippen LogP contribution is -2.40. The number of hydrogen-bond donors (Lipinski definition) is 2. The fourth-order valence-corrected chi connectivity index (χ4v) is 4.17. The number of H-pyrrole nitrogens is 1. The molecule has 0 spiro atoms. The zero-order chi connectivity index (χ0) is 19.5. The third kappa shape index (κ3) is 4.39. The van der Waals surface area contributed by atoms with Crippen LogP contribution in [0.1, 0.15) is 47.6 Å². The summed E-state index contributed by atoms with van der Waals surface area (Å²) in [7, 11) is 0. The Labute approximate surface area is 167 Å². The third-order valence-corrected chi connectivity index (χ3v) is 5.74. The van der Waals surface area contributed by atoms with Crippen molar-refractivity contribution >= 4 is 17.2 Å². The predicted octanol–water partition coefficient (Wildman–Crippen LogP) is 3.67. The van der Waals surface area contributed by atoms with E-state index in [1.165, 1.54) is 0 Å². The monoisotopic (exact) mass is 397 g/mol. The van der Waals surface area contributed by atoms with Gasteiger partial charge in [0.15, 0.2) is 5.69 Å². The summed E-state index contributed by atoms with van der Waals surface area (Å²) in [5.41, 5.74) is 3.10. The average molecular weight is 398 g/mol. The first-order chi connectivity index (χ1) is 13.6. The van der Waals surface area contributed by atoms with E-state index < -0.39 is 0 Å². The smallest absolute Gasteiger partial charge is 0.317 e. The highest BCUT2D eigenvalue weighted by Gasteiger charge is 2.25. The summed E-state index contributed by atoms with van der Waals surface area (Å²) in [5.74, 6) is -0.138. The summed E-state index contributed by atoms with van der Waals surface area (Å²) < 4.78 is 5.95. The van der Waals surface area contributed by atoms with Crippen LogP contribution in [0.4, 0.5) is 0 Å². The minimum atomic E-state index is -0.138. The van der Waals surface area contributed by atoms with Crippen LogP contribution in [0.2, 0.25) is 0 Å². The number of thiophene rings is 1. The quantitative estimate of drug-likeness (QED) is 0.685. The number of aryl methyl sites for hydroxylation is 2. The van der Waals surface area contributed by atoms with Crippen LogP contribution in [-0.4, -0.2) is 38.2 Å². The van der Waals surface area contributed by atoms with E-state index in [0.717, 1.165) is 47.6 Å². The molecule has 3 aromatic heterocycles. The molecule has 8 heteroatoms. The van der Waals surface area contributed by atoms with E-state index in [0.29, 0.717) is 11.7 Å². The van der Waals surface area contributed by atoms with Crippen LogP contribution in [0.3, 0.4) is 0 Å². The Kier molecular flexibility index (Phi) is 5.38. The summed E-state index contributed by atoms with van der Waals surface area (Å²) >= 11 is 1.61. The molecule has 2 N–H and O–H groups in total. The number of nitrogens with one attached hydrogen (secondary N) is 2. The van der Waals surface area contributed by atoms with Crippen molar-refractivity contribution in [1.29, 1.82) is 0 Å². The second-order valence-corrected chi connectivity index (χ2v) is 8.09. The van der Waals surface area contributed by atoms with Crippen molar-refractivity contribution in [2.45, 2.75) is 51.7 Å². The van der Waals surface area contributed by atoms with Crippen molar-refractivity contribution in [3.05, 3.63) is 46.7 Å². The molecule has 0 radical (unpaired) electrons. The number of carbonyl (C=O) groups excluding carboxylic acids is 1. The van der Waals surface area contributed by atoms with Gasteiger partial charge in [-0.05, 0) is 63.1 Å². The molecule has 0 aromatic carbocycles. The standard InChI is InChI=1S/C20H23N5O2S/c1-12-10-13(2)22-20(21-12)27-15-7-5-14(6-8-15)23-19(26)17-11-16(24-25-17)18-4-3-9-28-18/h3-4,9-11,14-15H,5-8H2,1-2H3,(H,23,26)(H,24,25). The van der Waals surface area contributed by atoms with Crippen LogP contribution in [0, 0.1) is 13.8 Å². The summed E-state index contributed by atoms with van der Waals surface area (Å²) in [4.78, 5) is 22.3. The topological polar surface area (TPSA) is 92.8 Å². The molecule has 0 atom stereocenters. The summed E-state index contributed by atoms with van der Waals surface area (Å²) in [6, 6.07) is 8.29. The molecule has 0 unspecified atom stereocenters. The average Bonchev–Trinajstić information content (AvgIpc) is 3.34. The van der Waals surface area contributed by atoms with Crippen molar-refractivity contribution in [3.8, 4) is 16.6 Å². The van der Waals surface area contributed by atoms with Gasteiger partial charge in [-0.15, -0.1) is 11.3 Å². The molecule has 0 aliphatic heterocycles. The van der Waals surface area contributed by atoms with Crippen LogP contribution >= 0.6 is 11.3 Å². The predicted molar refractivity (Wildman–Crippen MR) is 108 cm³/mol. The first-order valence-electron chi connectivity index (χ1n) is 9.46. The van der Waals surface area contributed by atoms with Gasteiger partial charge in [0.1, 0.15) is 6.10 Å². The lowest BCUT2D eigenvalue weighted by atomic mass is 9.93. The second-order valence-electron chi connectivity index (χ2n) is 7.14. The van der Waals surface area contributed by atoms with E-state index in [9.17, 15) is 4.79 Å². The van der Waals surface area contributed by atoms with Crippen molar-refractivity contribution in [2.75, 3.05) is 0 Å². The van der Waals surface area contributed by atoms with Gasteiger partial charge >= 0.3 is 6.01 Å². The van der Waals surface area contributed by atoms with Crippen molar-refractivity contribution in [1.82, 2.24) is 25.5 Å². The number of ether oxygens (including phenoxy) is 1. The van der Waals surface area contributed by atoms with Crippen molar-refractivity contribution in [3.63, 3.8) is 0 Å². The molecule has 1 aliphatic carbocycles. The van der Waals surface area contributed by atoms with Gasteiger partial charge in [-0.2, -0.15) is 5.10 Å². The summed E-state index contributed by atoms with van der Waals surface area (Å²) in [6.45, 7) is 3.87. The number of aromatic amines is 1. The van der Waals surface area contributed by atoms with Gasteiger partial charge in [-0.3, -0.25) is 9.89 Å². The van der Waals surface area contributed by atoms with E-state index >= 15 is 0 Å². The molecule has 0 saturated heterocycles. The number of amides is 1. The highest BCUT2D eigenvalue weighted by Crippen LogP contribution is 2.24. The Bertz CT molecular complexity index is 925. The number of rotatable bonds is 5. The van der Waals surface area contributed by atoms with E-state index in [1.54, 1.807) is 17.4 Å². The minimum absolute atomic E-state index is 0.0881. The third-order valence-electron chi connectivity index (χ3n) is 4.84. The lowest BCUT2D eigenvalue weighted by Gasteiger charge is -2.28. The minimum Gasteiger partial charge on any atom is -0.460 e. The Morgan fingerprint density at radius 3 is 2.61 bits per heavy atom. The Hall–Kier alpha value is -2.74. The van der Waals surface area contributed by atoms with Crippen LogP contribution in [-0.2, 0) is 0 Å². The molecule has 3 aromatic rings. The molecule has 146 valence electrons. The normalized spacial score (nSPS) is 19.4. The number of nitrogens with zero attached hydrogens (tertiary/aromatic N) is 3. The van der Waals surface area contributed by atoms with E-state index in [2.05, 4.69) is 25.5 Å². The number of carbonyl (C=O) groups is 1. The molecule has 0 bridgehead atoms. The Morgan fingerprint density at radius 2 is 1.93 bits per heavy atom. The molecule has 1 amide bonds. The fraction of sp³-hybridized carbons (Fsp3) is 0.400. The van der Waals surface area contributed by atoms with Gasteiger partial charge in [0.25, 0.3) is 5.91 Å². The SMILES string of the molecule is Cc1cc(C)nc(OC2CCC(NC(=O)c3cc(-c4cccs4)[nH]n3)CC2)n1. The molecule has 3 heterocycles. The Balaban J connectivity index is 1.29.